The Bertz CT molecular complexity index is 584. The highest BCUT2D eigenvalue weighted by Crippen LogP contribution is 2.33. The molecule has 1 atom stereocenters. The molecule has 0 bridgehead atoms. The molecule has 2 heterocycles. The maximum absolute atomic E-state index is 12.7. The molecule has 1 saturated heterocycles. The van der Waals surface area contributed by atoms with Gasteiger partial charge in [-0.05, 0) is 38.3 Å². The van der Waals surface area contributed by atoms with E-state index in [-0.39, 0.29) is 30.2 Å². The fraction of sp³-hybridized carbons (Fsp3) is 0.500. The van der Waals surface area contributed by atoms with Gasteiger partial charge in [-0.25, -0.2) is 0 Å². The van der Waals surface area contributed by atoms with Gasteiger partial charge in [0.05, 0.1) is 11.3 Å². The predicted molar refractivity (Wildman–Crippen MR) is 74.5 cm³/mol. The fourth-order valence-electron chi connectivity index (χ4n) is 2.49. The minimum Gasteiger partial charge on any atom is -0.322 e. The SMILES string of the molecule is Cc1cc(C(=O)N(C2CC2)[C@H]2CC(=O)NC2=O)sc1C. The summed E-state index contributed by atoms with van der Waals surface area (Å²) in [4.78, 5) is 39.3. The van der Waals surface area contributed by atoms with E-state index in [1.807, 2.05) is 19.9 Å². The average molecular weight is 292 g/mol. The number of carbonyl (C=O) groups is 3. The van der Waals surface area contributed by atoms with Crippen molar-refractivity contribution in [3.05, 3.63) is 21.4 Å². The van der Waals surface area contributed by atoms with Gasteiger partial charge in [0, 0.05) is 10.9 Å². The Hall–Kier alpha value is -1.69. The van der Waals surface area contributed by atoms with Crippen LogP contribution < -0.4 is 5.32 Å². The van der Waals surface area contributed by atoms with Gasteiger partial charge < -0.3 is 4.90 Å². The van der Waals surface area contributed by atoms with E-state index in [4.69, 9.17) is 0 Å². The summed E-state index contributed by atoms with van der Waals surface area (Å²) in [6.45, 7) is 3.94. The summed E-state index contributed by atoms with van der Waals surface area (Å²) in [5, 5.41) is 2.28. The van der Waals surface area contributed by atoms with Gasteiger partial charge in [0.25, 0.3) is 5.91 Å². The van der Waals surface area contributed by atoms with Crippen LogP contribution in [0.25, 0.3) is 0 Å². The van der Waals surface area contributed by atoms with E-state index in [2.05, 4.69) is 5.32 Å². The number of aryl methyl sites for hydroxylation is 2. The minimum atomic E-state index is -0.634. The van der Waals surface area contributed by atoms with Crippen molar-refractivity contribution in [3.63, 3.8) is 0 Å². The number of imide groups is 1. The first-order valence-electron chi connectivity index (χ1n) is 6.70. The van der Waals surface area contributed by atoms with Crippen molar-refractivity contribution < 1.29 is 14.4 Å². The molecule has 1 aliphatic carbocycles. The van der Waals surface area contributed by atoms with Crippen molar-refractivity contribution in [1.29, 1.82) is 0 Å². The molecule has 1 aromatic rings. The van der Waals surface area contributed by atoms with Crippen molar-refractivity contribution >= 4 is 29.1 Å². The van der Waals surface area contributed by atoms with Gasteiger partial charge >= 0.3 is 0 Å². The molecule has 3 amide bonds. The molecule has 1 saturated carbocycles. The summed E-state index contributed by atoms with van der Waals surface area (Å²) >= 11 is 1.45. The normalized spacial score (nSPS) is 22.0. The highest BCUT2D eigenvalue weighted by molar-refractivity contribution is 7.14. The second-order valence-electron chi connectivity index (χ2n) is 5.43. The van der Waals surface area contributed by atoms with Crippen LogP contribution in [0, 0.1) is 13.8 Å². The fourth-order valence-corrected chi connectivity index (χ4v) is 3.46. The Balaban J connectivity index is 1.89. The van der Waals surface area contributed by atoms with Crippen LogP contribution in [-0.4, -0.2) is 34.7 Å². The first-order valence-corrected chi connectivity index (χ1v) is 7.52. The van der Waals surface area contributed by atoms with Crippen molar-refractivity contribution in [2.24, 2.45) is 0 Å². The summed E-state index contributed by atoms with van der Waals surface area (Å²) in [7, 11) is 0. The van der Waals surface area contributed by atoms with Gasteiger partial charge in [-0.2, -0.15) is 0 Å². The predicted octanol–water partition coefficient (Wildman–Crippen LogP) is 1.38. The molecule has 2 aliphatic rings. The Morgan fingerprint density at radius 3 is 2.50 bits per heavy atom. The average Bonchev–Trinajstić information content (AvgIpc) is 3.08. The molecule has 5 nitrogen and oxygen atoms in total. The Kier molecular flexibility index (Phi) is 3.12. The summed E-state index contributed by atoms with van der Waals surface area (Å²) in [6.07, 6.45) is 1.91. The molecule has 1 N–H and O–H groups in total. The van der Waals surface area contributed by atoms with Gasteiger partial charge in [-0.3, -0.25) is 19.7 Å². The molecule has 1 aliphatic heterocycles. The summed E-state index contributed by atoms with van der Waals surface area (Å²) in [6, 6.07) is 1.34. The lowest BCUT2D eigenvalue weighted by Gasteiger charge is -2.26. The third kappa shape index (κ3) is 2.24. The van der Waals surface area contributed by atoms with Crippen LogP contribution in [0.3, 0.4) is 0 Å². The smallest absolute Gasteiger partial charge is 0.264 e. The lowest BCUT2D eigenvalue weighted by Crippen LogP contribution is -2.45. The summed E-state index contributed by atoms with van der Waals surface area (Å²) in [5.41, 5.74) is 1.08. The van der Waals surface area contributed by atoms with Crippen molar-refractivity contribution in [2.75, 3.05) is 0 Å². The molecule has 1 aromatic heterocycles. The lowest BCUT2D eigenvalue weighted by atomic mass is 10.2. The zero-order valence-corrected chi connectivity index (χ0v) is 12.3. The molecule has 3 rings (SSSR count). The molecule has 6 heteroatoms. The van der Waals surface area contributed by atoms with Gasteiger partial charge in [-0.15, -0.1) is 11.3 Å². The second kappa shape index (κ2) is 4.70. The standard InChI is InChI=1S/C14H16N2O3S/c1-7-5-11(20-8(7)2)14(19)16(9-3-4-9)10-6-12(17)15-13(10)18/h5,9-10H,3-4,6H2,1-2H3,(H,15,17,18)/t10-/m0/s1. The van der Waals surface area contributed by atoms with Crippen molar-refractivity contribution in [2.45, 2.75) is 45.2 Å². The minimum absolute atomic E-state index is 0.0877. The highest BCUT2D eigenvalue weighted by Gasteiger charge is 2.45. The Morgan fingerprint density at radius 2 is 2.05 bits per heavy atom. The van der Waals surface area contributed by atoms with Crippen LogP contribution >= 0.6 is 11.3 Å². The molecule has 20 heavy (non-hydrogen) atoms. The molecule has 0 aromatic carbocycles. The number of carbonyl (C=O) groups excluding carboxylic acids is 3. The van der Waals surface area contributed by atoms with Crippen LogP contribution in [0.1, 0.15) is 39.4 Å². The van der Waals surface area contributed by atoms with Gasteiger partial charge in [0.1, 0.15) is 6.04 Å². The van der Waals surface area contributed by atoms with Crippen LogP contribution in [0.5, 0.6) is 0 Å². The maximum atomic E-state index is 12.7. The monoisotopic (exact) mass is 292 g/mol. The number of amides is 3. The first kappa shape index (κ1) is 13.3. The van der Waals surface area contributed by atoms with E-state index in [1.54, 1.807) is 4.90 Å². The van der Waals surface area contributed by atoms with E-state index >= 15 is 0 Å². The third-order valence-corrected chi connectivity index (χ3v) is 4.97. The van der Waals surface area contributed by atoms with E-state index in [0.717, 1.165) is 23.3 Å². The number of rotatable bonds is 3. The number of hydrogen-bond donors (Lipinski definition) is 1. The van der Waals surface area contributed by atoms with Crippen LogP contribution in [-0.2, 0) is 9.59 Å². The maximum Gasteiger partial charge on any atom is 0.264 e. The van der Waals surface area contributed by atoms with Crippen molar-refractivity contribution in [3.8, 4) is 0 Å². The molecular formula is C14H16N2O3S. The molecule has 106 valence electrons. The third-order valence-electron chi connectivity index (χ3n) is 3.83. The summed E-state index contributed by atoms with van der Waals surface area (Å²) < 4.78 is 0. The Labute approximate surface area is 121 Å². The van der Waals surface area contributed by atoms with E-state index < -0.39 is 6.04 Å². The van der Waals surface area contributed by atoms with Crippen LogP contribution in [0.2, 0.25) is 0 Å². The zero-order valence-electron chi connectivity index (χ0n) is 11.4. The molecule has 0 spiro atoms. The van der Waals surface area contributed by atoms with E-state index in [9.17, 15) is 14.4 Å². The molecule has 0 unspecified atom stereocenters. The molecule has 2 fully saturated rings. The van der Waals surface area contributed by atoms with Crippen molar-refractivity contribution in [1.82, 2.24) is 10.2 Å². The van der Waals surface area contributed by atoms with E-state index in [0.29, 0.717) is 4.88 Å². The topological polar surface area (TPSA) is 66.5 Å². The summed E-state index contributed by atoms with van der Waals surface area (Å²) in [5.74, 6) is -0.763. The highest BCUT2D eigenvalue weighted by atomic mass is 32.1. The van der Waals surface area contributed by atoms with E-state index in [1.165, 1.54) is 11.3 Å². The quantitative estimate of drug-likeness (QED) is 0.856. The zero-order chi connectivity index (χ0) is 14.4. The van der Waals surface area contributed by atoms with Crippen LogP contribution in [0.4, 0.5) is 0 Å². The molecular weight excluding hydrogens is 276 g/mol. The van der Waals surface area contributed by atoms with Gasteiger partial charge in [0.2, 0.25) is 11.8 Å². The number of hydrogen-bond acceptors (Lipinski definition) is 4. The number of thiophene rings is 1. The first-order chi connectivity index (χ1) is 9.47. The van der Waals surface area contributed by atoms with Gasteiger partial charge in [-0.1, -0.05) is 0 Å². The van der Waals surface area contributed by atoms with Crippen LogP contribution in [0.15, 0.2) is 6.07 Å². The second-order valence-corrected chi connectivity index (χ2v) is 6.68. The number of nitrogens with zero attached hydrogens (tertiary/aromatic N) is 1. The Morgan fingerprint density at radius 1 is 1.35 bits per heavy atom. The largest absolute Gasteiger partial charge is 0.322 e. The lowest BCUT2D eigenvalue weighted by molar-refractivity contribution is -0.126. The number of nitrogens with one attached hydrogen (secondary N) is 1. The molecule has 0 radical (unpaired) electrons. The van der Waals surface area contributed by atoms with Gasteiger partial charge in [0.15, 0.2) is 0 Å².